The van der Waals surface area contributed by atoms with Crippen molar-refractivity contribution in [3.05, 3.63) is 11.6 Å². The number of hydrogen-bond donors (Lipinski definition) is 0. The van der Waals surface area contributed by atoms with Crippen molar-refractivity contribution in [3.8, 4) is 0 Å². The van der Waals surface area contributed by atoms with E-state index in [0.29, 0.717) is 0 Å². The van der Waals surface area contributed by atoms with E-state index in [1.165, 1.54) is 38.5 Å². The fourth-order valence-electron chi connectivity index (χ4n) is 1.56. The summed E-state index contributed by atoms with van der Waals surface area (Å²) in [5.74, 6) is 2.10. The van der Waals surface area contributed by atoms with Gasteiger partial charge < -0.3 is 0 Å². The molecule has 0 N–H and O–H groups in total. The molecule has 0 nitrogen and oxygen atoms in total. The number of allylic oxidation sites excluding steroid dienone is 2. The summed E-state index contributed by atoms with van der Waals surface area (Å²) >= 11 is 0. The van der Waals surface area contributed by atoms with E-state index in [9.17, 15) is 0 Å². The van der Waals surface area contributed by atoms with Crippen LogP contribution in [0.15, 0.2) is 11.6 Å². The lowest BCUT2D eigenvalue weighted by molar-refractivity contribution is 0.801. The van der Waals surface area contributed by atoms with E-state index in [1.807, 2.05) is 69.2 Å². The molecular formula is C25H60. The third kappa shape index (κ3) is 51.6. The molecule has 2 unspecified atom stereocenters. The Balaban J connectivity index is -0.0000000507. The SMILES string of the molecule is CC.CC.CC.CC.CC.CC1CC1C.CCCCC=C(CC)CC. The summed E-state index contributed by atoms with van der Waals surface area (Å²) in [5, 5.41) is 0. The average molecular weight is 361 g/mol. The first-order valence-electron chi connectivity index (χ1n) is 11.8. The van der Waals surface area contributed by atoms with E-state index in [4.69, 9.17) is 0 Å². The maximum Gasteiger partial charge on any atom is -0.0348 e. The molecule has 1 saturated carbocycles. The van der Waals surface area contributed by atoms with Gasteiger partial charge in [0, 0.05) is 0 Å². The fraction of sp³-hybridized carbons (Fsp3) is 0.920. The summed E-state index contributed by atoms with van der Waals surface area (Å²) in [7, 11) is 0. The van der Waals surface area contributed by atoms with Gasteiger partial charge in [0.15, 0.2) is 0 Å². The molecule has 1 fully saturated rings. The average Bonchev–Trinajstić information content (AvgIpc) is 3.39. The van der Waals surface area contributed by atoms with Crippen LogP contribution < -0.4 is 0 Å². The molecule has 0 aromatic heterocycles. The Morgan fingerprint density at radius 1 is 0.680 bits per heavy atom. The zero-order valence-electron chi connectivity index (χ0n) is 21.5. The van der Waals surface area contributed by atoms with Gasteiger partial charge in [0.1, 0.15) is 0 Å². The van der Waals surface area contributed by atoms with Crippen molar-refractivity contribution in [1.29, 1.82) is 0 Å². The van der Waals surface area contributed by atoms with Crippen molar-refractivity contribution in [1.82, 2.24) is 0 Å². The Morgan fingerprint density at radius 2 is 0.960 bits per heavy atom. The van der Waals surface area contributed by atoms with Gasteiger partial charge in [0.25, 0.3) is 0 Å². The molecule has 0 aromatic rings. The quantitative estimate of drug-likeness (QED) is 0.337. The van der Waals surface area contributed by atoms with Crippen molar-refractivity contribution in [2.45, 2.75) is 142 Å². The van der Waals surface area contributed by atoms with Crippen LogP contribution in [0.4, 0.5) is 0 Å². The summed E-state index contributed by atoms with van der Waals surface area (Å²) in [6.45, 7) is 31.3. The predicted octanol–water partition coefficient (Wildman–Crippen LogP) is 10.7. The number of rotatable bonds is 5. The molecule has 2 atom stereocenters. The van der Waals surface area contributed by atoms with Crippen LogP contribution in [0.3, 0.4) is 0 Å². The van der Waals surface area contributed by atoms with Crippen LogP contribution in [0.2, 0.25) is 0 Å². The molecule has 1 aliphatic carbocycles. The summed E-state index contributed by atoms with van der Waals surface area (Å²) in [5.41, 5.74) is 1.62. The molecule has 0 bridgehead atoms. The van der Waals surface area contributed by atoms with Gasteiger partial charge in [-0.2, -0.15) is 0 Å². The molecule has 1 rings (SSSR count). The first-order chi connectivity index (χ1) is 12.2. The van der Waals surface area contributed by atoms with Crippen LogP contribution in [0.25, 0.3) is 0 Å². The fourth-order valence-corrected chi connectivity index (χ4v) is 1.56. The zero-order valence-corrected chi connectivity index (χ0v) is 21.5. The Morgan fingerprint density at radius 3 is 1.12 bits per heavy atom. The van der Waals surface area contributed by atoms with Crippen molar-refractivity contribution in [2.75, 3.05) is 0 Å². The highest BCUT2D eigenvalue weighted by Crippen LogP contribution is 2.36. The van der Waals surface area contributed by atoms with Crippen LogP contribution in [-0.2, 0) is 0 Å². The molecule has 0 heteroatoms. The van der Waals surface area contributed by atoms with Gasteiger partial charge in [-0.05, 0) is 37.5 Å². The zero-order chi connectivity index (χ0) is 21.7. The first kappa shape index (κ1) is 39.7. The molecule has 0 aliphatic heterocycles. The summed E-state index contributed by atoms with van der Waals surface area (Å²) in [6.07, 6.45) is 10.3. The van der Waals surface area contributed by atoms with Gasteiger partial charge in [0.2, 0.25) is 0 Å². The minimum absolute atomic E-state index is 1.05. The van der Waals surface area contributed by atoms with Gasteiger partial charge in [-0.3, -0.25) is 0 Å². The maximum atomic E-state index is 2.41. The third-order valence-electron chi connectivity index (χ3n) is 3.41. The van der Waals surface area contributed by atoms with Gasteiger partial charge >= 0.3 is 0 Å². The first-order valence-corrected chi connectivity index (χ1v) is 11.8. The molecular weight excluding hydrogens is 300 g/mol. The molecule has 0 saturated heterocycles. The monoisotopic (exact) mass is 360 g/mol. The second kappa shape index (κ2) is 49.6. The second-order valence-corrected chi connectivity index (χ2v) is 4.90. The maximum absolute atomic E-state index is 2.41. The van der Waals surface area contributed by atoms with E-state index in [-0.39, 0.29) is 0 Å². The predicted molar refractivity (Wildman–Crippen MR) is 128 cm³/mol. The van der Waals surface area contributed by atoms with E-state index in [1.54, 1.807) is 5.57 Å². The minimum Gasteiger partial charge on any atom is -0.0854 e. The Bertz CT molecular complexity index is 155. The highest BCUT2D eigenvalue weighted by molar-refractivity contribution is 4.99. The smallest absolute Gasteiger partial charge is 0.0348 e. The highest BCUT2D eigenvalue weighted by Gasteiger charge is 2.26. The van der Waals surface area contributed by atoms with Crippen molar-refractivity contribution < 1.29 is 0 Å². The van der Waals surface area contributed by atoms with Gasteiger partial charge in [-0.15, -0.1) is 0 Å². The standard InChI is InChI=1S/C10H20.C5H10.5C2H6/c1-4-7-8-9-10(5-2)6-3;1-4-3-5(4)2;5*1-2/h9H,4-8H2,1-3H3;4-5H,3H2,1-2H3;5*1-2H3. The number of hydrogen-bond acceptors (Lipinski definition) is 0. The summed E-state index contributed by atoms with van der Waals surface area (Å²) in [6, 6.07) is 0. The second-order valence-electron chi connectivity index (χ2n) is 4.90. The van der Waals surface area contributed by atoms with E-state index in [2.05, 4.69) is 40.7 Å². The van der Waals surface area contributed by atoms with Crippen LogP contribution >= 0.6 is 0 Å². The largest absolute Gasteiger partial charge is 0.0854 e. The van der Waals surface area contributed by atoms with Crippen molar-refractivity contribution >= 4 is 0 Å². The van der Waals surface area contributed by atoms with Gasteiger partial charge in [0.05, 0.1) is 0 Å². The topological polar surface area (TPSA) is 0 Å². The van der Waals surface area contributed by atoms with E-state index in [0.717, 1.165) is 11.8 Å². The van der Waals surface area contributed by atoms with Crippen LogP contribution in [0.5, 0.6) is 0 Å². The lowest BCUT2D eigenvalue weighted by Gasteiger charge is -1.98. The normalized spacial score (nSPS) is 14.8. The molecule has 0 radical (unpaired) electrons. The third-order valence-corrected chi connectivity index (χ3v) is 3.41. The molecule has 0 heterocycles. The van der Waals surface area contributed by atoms with E-state index < -0.39 is 0 Å². The van der Waals surface area contributed by atoms with Crippen molar-refractivity contribution in [3.63, 3.8) is 0 Å². The van der Waals surface area contributed by atoms with E-state index >= 15 is 0 Å². The number of unbranched alkanes of at least 4 members (excludes halogenated alkanes) is 2. The van der Waals surface area contributed by atoms with Crippen LogP contribution in [0, 0.1) is 11.8 Å². The molecule has 25 heavy (non-hydrogen) atoms. The minimum atomic E-state index is 1.05. The van der Waals surface area contributed by atoms with Crippen LogP contribution in [-0.4, -0.2) is 0 Å². The molecule has 0 amide bonds. The van der Waals surface area contributed by atoms with Gasteiger partial charge in [-0.25, -0.2) is 0 Å². The molecule has 1 aliphatic rings. The molecule has 0 aromatic carbocycles. The lowest BCUT2D eigenvalue weighted by atomic mass is 10.1. The van der Waals surface area contributed by atoms with Gasteiger partial charge in [-0.1, -0.05) is 128 Å². The Hall–Kier alpha value is -0.260. The highest BCUT2D eigenvalue weighted by atomic mass is 14.3. The summed E-state index contributed by atoms with van der Waals surface area (Å²) < 4.78 is 0. The Labute approximate surface area is 166 Å². The van der Waals surface area contributed by atoms with Crippen LogP contribution in [0.1, 0.15) is 142 Å². The molecule has 0 spiro atoms. The Kier molecular flexibility index (Phi) is 78.7. The van der Waals surface area contributed by atoms with Crippen molar-refractivity contribution in [2.24, 2.45) is 11.8 Å². The lowest BCUT2D eigenvalue weighted by Crippen LogP contribution is -1.77. The summed E-state index contributed by atoms with van der Waals surface area (Å²) in [4.78, 5) is 0. The molecule has 160 valence electrons.